The molecule has 29 heavy (non-hydrogen) atoms. The second-order valence-corrected chi connectivity index (χ2v) is 7.35. The first-order valence-corrected chi connectivity index (χ1v) is 9.58. The largest absolute Gasteiger partial charge is 0.393 e. The van der Waals surface area contributed by atoms with E-state index in [0.717, 1.165) is 16.3 Å². The number of halogens is 1. The van der Waals surface area contributed by atoms with Crippen LogP contribution in [0, 0.1) is 5.82 Å². The van der Waals surface area contributed by atoms with Crippen molar-refractivity contribution in [3.8, 4) is 11.3 Å². The molecule has 2 aromatic carbocycles. The van der Waals surface area contributed by atoms with Crippen LogP contribution >= 0.6 is 11.3 Å². The van der Waals surface area contributed by atoms with Gasteiger partial charge in [0.15, 0.2) is 5.13 Å². The van der Waals surface area contributed by atoms with Gasteiger partial charge in [0, 0.05) is 22.9 Å². The van der Waals surface area contributed by atoms with Gasteiger partial charge in [-0.25, -0.2) is 9.37 Å². The molecule has 4 aromatic rings. The molecule has 1 atom stereocenters. The van der Waals surface area contributed by atoms with Crippen LogP contribution in [-0.2, 0) is 0 Å². The fraction of sp³-hybridized carbons (Fsp3) is 0.0952. The van der Waals surface area contributed by atoms with E-state index in [4.69, 9.17) is 5.11 Å². The van der Waals surface area contributed by atoms with Gasteiger partial charge in [-0.05, 0) is 30.3 Å². The zero-order valence-electron chi connectivity index (χ0n) is 15.0. The molecule has 146 valence electrons. The molecule has 8 heteroatoms. The van der Waals surface area contributed by atoms with Crippen LogP contribution < -0.4 is 5.32 Å². The number of aromatic nitrogens is 2. The second-order valence-electron chi connectivity index (χ2n) is 6.32. The topological polar surface area (TPSA) is 95.3 Å². The molecule has 0 bridgehead atoms. The van der Waals surface area contributed by atoms with E-state index in [1.807, 2.05) is 24.3 Å². The van der Waals surface area contributed by atoms with Gasteiger partial charge < -0.3 is 10.2 Å². The molecule has 0 spiro atoms. The van der Waals surface area contributed by atoms with Crippen molar-refractivity contribution in [2.75, 3.05) is 11.9 Å². The number of hydrogen-bond donors (Lipinski definition) is 3. The number of thiazole rings is 1. The minimum atomic E-state index is -1.18. The second kappa shape index (κ2) is 8.04. The van der Waals surface area contributed by atoms with Crippen LogP contribution in [0.5, 0.6) is 0 Å². The Bertz CT molecular complexity index is 1140. The van der Waals surface area contributed by atoms with E-state index in [-0.39, 0.29) is 17.2 Å². The van der Waals surface area contributed by atoms with E-state index in [1.54, 1.807) is 24.3 Å². The van der Waals surface area contributed by atoms with E-state index in [9.17, 15) is 14.3 Å². The van der Waals surface area contributed by atoms with E-state index in [0.29, 0.717) is 16.3 Å². The van der Waals surface area contributed by atoms with Crippen molar-refractivity contribution in [1.82, 2.24) is 9.97 Å². The highest BCUT2D eigenvalue weighted by Gasteiger charge is 2.14. The summed E-state index contributed by atoms with van der Waals surface area (Å²) in [4.78, 5) is 20.9. The number of anilines is 1. The Morgan fingerprint density at radius 2 is 1.93 bits per heavy atom. The Balaban J connectivity index is 1.52. The lowest BCUT2D eigenvalue weighted by Gasteiger charge is -2.09. The van der Waals surface area contributed by atoms with Crippen LogP contribution in [0.3, 0.4) is 0 Å². The molecule has 6 nitrogen and oxygen atoms in total. The fourth-order valence-electron chi connectivity index (χ4n) is 2.83. The minimum Gasteiger partial charge on any atom is -0.393 e. The Morgan fingerprint density at radius 3 is 2.62 bits per heavy atom. The molecule has 0 radical (unpaired) electrons. The summed E-state index contributed by atoms with van der Waals surface area (Å²) in [5.74, 6) is -0.938. The van der Waals surface area contributed by atoms with Crippen molar-refractivity contribution < 1.29 is 19.4 Å². The fourth-order valence-corrected chi connectivity index (χ4v) is 3.69. The highest BCUT2D eigenvalue weighted by atomic mass is 32.1. The van der Waals surface area contributed by atoms with Crippen molar-refractivity contribution in [1.29, 1.82) is 0 Å². The predicted octanol–water partition coefficient (Wildman–Crippen LogP) is 3.78. The molecule has 0 saturated carbocycles. The van der Waals surface area contributed by atoms with Gasteiger partial charge in [-0.15, -0.1) is 0 Å². The Hall–Kier alpha value is -3.20. The molecular formula is C21H16FN3O3S. The average Bonchev–Trinajstić information content (AvgIpc) is 3.15. The number of amides is 1. The highest BCUT2D eigenvalue weighted by molar-refractivity contribution is 7.22. The van der Waals surface area contributed by atoms with Crippen molar-refractivity contribution in [2.24, 2.45) is 0 Å². The van der Waals surface area contributed by atoms with Crippen molar-refractivity contribution in [2.45, 2.75) is 6.10 Å². The first-order chi connectivity index (χ1) is 14.0. The molecule has 2 aromatic heterocycles. The van der Waals surface area contributed by atoms with Gasteiger partial charge in [0.25, 0.3) is 5.91 Å². The summed E-state index contributed by atoms with van der Waals surface area (Å²) in [6.07, 6.45) is 0.132. The van der Waals surface area contributed by atoms with Crippen LogP contribution in [-0.4, -0.2) is 32.7 Å². The summed E-state index contributed by atoms with van der Waals surface area (Å²) in [6.45, 7) is -0.515. The molecular weight excluding hydrogens is 393 g/mol. The summed E-state index contributed by atoms with van der Waals surface area (Å²) < 4.78 is 15.3. The number of hydrogen-bond acceptors (Lipinski definition) is 6. The number of carbonyl (C=O) groups is 1. The summed E-state index contributed by atoms with van der Waals surface area (Å²) in [7, 11) is 0. The predicted molar refractivity (Wildman–Crippen MR) is 109 cm³/mol. The third-order valence-corrected chi connectivity index (χ3v) is 5.31. The average molecular weight is 409 g/mol. The lowest BCUT2D eigenvalue weighted by atomic mass is 10.1. The van der Waals surface area contributed by atoms with Gasteiger partial charge in [-0.1, -0.05) is 35.6 Å². The van der Waals surface area contributed by atoms with Crippen LogP contribution in [0.25, 0.3) is 21.5 Å². The maximum atomic E-state index is 14.3. The lowest BCUT2D eigenvalue weighted by Crippen LogP contribution is -2.11. The third-order valence-electron chi connectivity index (χ3n) is 4.35. The Kier molecular flexibility index (Phi) is 5.30. The monoisotopic (exact) mass is 409 g/mol. The van der Waals surface area contributed by atoms with Crippen molar-refractivity contribution in [3.05, 3.63) is 77.7 Å². The molecule has 4 rings (SSSR count). The van der Waals surface area contributed by atoms with Gasteiger partial charge in [0.2, 0.25) is 0 Å². The van der Waals surface area contributed by atoms with Gasteiger partial charge in [-0.2, -0.15) is 0 Å². The zero-order valence-corrected chi connectivity index (χ0v) is 15.9. The maximum Gasteiger partial charge on any atom is 0.257 e. The van der Waals surface area contributed by atoms with Crippen molar-refractivity contribution >= 4 is 32.6 Å². The molecule has 0 aliphatic carbocycles. The zero-order chi connectivity index (χ0) is 20.4. The minimum absolute atomic E-state index is 0.0945. The van der Waals surface area contributed by atoms with E-state index in [2.05, 4.69) is 15.3 Å². The highest BCUT2D eigenvalue weighted by Crippen LogP contribution is 2.27. The number of carbonyl (C=O) groups excluding carboxylic acids is 1. The summed E-state index contributed by atoms with van der Waals surface area (Å²) >= 11 is 1.39. The number of nitrogens with zero attached hydrogens (tertiary/aromatic N) is 2. The molecule has 0 fully saturated rings. The lowest BCUT2D eigenvalue weighted by molar-refractivity contribution is 0.0951. The first-order valence-electron chi connectivity index (χ1n) is 8.77. The van der Waals surface area contributed by atoms with E-state index >= 15 is 0 Å². The molecule has 1 amide bonds. The Labute approximate surface area is 169 Å². The van der Waals surface area contributed by atoms with E-state index in [1.165, 1.54) is 17.5 Å². The third kappa shape index (κ3) is 4.00. The molecule has 3 N–H and O–H groups in total. The van der Waals surface area contributed by atoms with Gasteiger partial charge in [0.1, 0.15) is 17.6 Å². The van der Waals surface area contributed by atoms with Crippen LogP contribution in [0.4, 0.5) is 9.52 Å². The SMILES string of the molecule is O=C(Nc1nc2ccccc2s1)c1ccc(-c2ncc(C(O)CO)cc2F)cc1. The number of para-hydroxylation sites is 1. The molecule has 0 saturated heterocycles. The summed E-state index contributed by atoms with van der Waals surface area (Å²) in [5, 5.41) is 21.8. The number of aliphatic hydroxyl groups is 2. The number of pyridine rings is 1. The summed E-state index contributed by atoms with van der Waals surface area (Å²) in [5.41, 5.74) is 2.00. The number of benzene rings is 2. The van der Waals surface area contributed by atoms with Crippen LogP contribution in [0.15, 0.2) is 60.8 Å². The first kappa shape index (κ1) is 19.1. The normalized spacial score (nSPS) is 12.1. The quantitative estimate of drug-likeness (QED) is 0.466. The standard InChI is InChI=1S/C21H16FN3O3S/c22-15-9-14(17(27)11-26)10-23-19(15)12-5-7-13(8-6-12)20(28)25-21-24-16-3-1-2-4-18(16)29-21/h1-10,17,26-27H,11H2,(H,24,25,28). The molecule has 2 heterocycles. The molecule has 0 aliphatic rings. The maximum absolute atomic E-state index is 14.3. The number of nitrogens with one attached hydrogen (secondary N) is 1. The van der Waals surface area contributed by atoms with Crippen LogP contribution in [0.1, 0.15) is 22.0 Å². The van der Waals surface area contributed by atoms with Gasteiger partial charge >= 0.3 is 0 Å². The van der Waals surface area contributed by atoms with Crippen LogP contribution in [0.2, 0.25) is 0 Å². The van der Waals surface area contributed by atoms with Gasteiger partial charge in [-0.3, -0.25) is 15.1 Å². The molecule has 0 aliphatic heterocycles. The van der Waals surface area contributed by atoms with Crippen molar-refractivity contribution in [3.63, 3.8) is 0 Å². The summed E-state index contributed by atoms with van der Waals surface area (Å²) in [6, 6.07) is 15.1. The number of aliphatic hydroxyl groups excluding tert-OH is 2. The molecule has 1 unspecified atom stereocenters. The van der Waals surface area contributed by atoms with Gasteiger partial charge in [0.05, 0.1) is 16.8 Å². The van der Waals surface area contributed by atoms with E-state index < -0.39 is 18.5 Å². The number of rotatable bonds is 5. The smallest absolute Gasteiger partial charge is 0.257 e. The Morgan fingerprint density at radius 1 is 1.17 bits per heavy atom. The number of fused-ring (bicyclic) bond motifs is 1.